The van der Waals surface area contributed by atoms with E-state index >= 15 is 0 Å². The highest BCUT2D eigenvalue weighted by molar-refractivity contribution is 8.00. The maximum absolute atomic E-state index is 11.5. The van der Waals surface area contributed by atoms with Crippen molar-refractivity contribution in [3.8, 4) is 0 Å². The maximum Gasteiger partial charge on any atom is 0.222 e. The Morgan fingerprint density at radius 3 is 1.45 bits per heavy atom. The monoisotopic (exact) mass is 1460 g/mol. The summed E-state index contributed by atoms with van der Waals surface area (Å²) < 4.78 is 13.3. The molecule has 12 heteroatoms. The molecule has 4 aliphatic heterocycles. The lowest BCUT2D eigenvalue weighted by Gasteiger charge is -2.37. The topological polar surface area (TPSA) is 114 Å². The molecule has 102 heavy (non-hydrogen) atoms. The zero-order valence-corrected chi connectivity index (χ0v) is 75.3. The summed E-state index contributed by atoms with van der Waals surface area (Å²) in [7, 11) is 2.42. The fourth-order valence-corrected chi connectivity index (χ4v) is 13.8. The molecule has 10 nitrogen and oxygen atoms in total. The first-order valence-electron chi connectivity index (χ1n) is 39.7. The van der Waals surface area contributed by atoms with Crippen molar-refractivity contribution in [2.45, 2.75) is 337 Å². The van der Waals surface area contributed by atoms with E-state index in [0.717, 1.165) is 103 Å². The fraction of sp³-hybridized carbons (Fsp3) is 0.767. The third-order valence-electron chi connectivity index (χ3n) is 18.1. The van der Waals surface area contributed by atoms with E-state index in [1.54, 1.807) is 22.2 Å². The van der Waals surface area contributed by atoms with Gasteiger partial charge in [-0.15, -0.1) is 21.5 Å². The molecule has 3 atom stereocenters. The SMILES string of the molecule is C=S1(=O)CCC(C(C)(C)C)C1.CC.CC.CC(C)(C)C1CCC1.CC(C)(C)CC1=CC=CCC1=O.CC(C)(C)CCC1=CCC=N1.CC(C)(C)CCCN1CCCC1=O.CC(C)(C)Cc1ccccc1.CCC(C)(C)C.CN1CCC(C(C)(C)C)C1.Cc1nnc(C(C)(C)C)s1.Cn1cccn1. The summed E-state index contributed by atoms with van der Waals surface area (Å²) in [5.41, 5.74) is 7.28. The number of benzene rings is 1. The van der Waals surface area contributed by atoms with Crippen LogP contribution in [-0.4, -0.2) is 102 Å². The Balaban J connectivity index is -0.00000107. The summed E-state index contributed by atoms with van der Waals surface area (Å²) in [5.74, 6) is 8.65. The highest BCUT2D eigenvalue weighted by atomic mass is 32.2. The van der Waals surface area contributed by atoms with Crippen molar-refractivity contribution >= 4 is 44.6 Å². The second-order valence-corrected chi connectivity index (χ2v) is 42.8. The number of Topliss-reactive ketones (excluding diaryl/α,β-unsaturated/α-hetero) is 1. The molecule has 0 radical (unpaired) electrons. The van der Waals surface area contributed by atoms with Crippen LogP contribution in [0.4, 0.5) is 0 Å². The number of aromatic nitrogens is 4. The van der Waals surface area contributed by atoms with Gasteiger partial charge in [-0.05, 0) is 185 Å². The molecule has 1 saturated carbocycles. The van der Waals surface area contributed by atoms with Crippen LogP contribution in [0.1, 0.15) is 333 Å². The molecule has 3 aromatic rings. The van der Waals surface area contributed by atoms with Gasteiger partial charge in [0.15, 0.2) is 5.78 Å². The van der Waals surface area contributed by atoms with Crippen molar-refractivity contribution in [2.75, 3.05) is 44.7 Å². The van der Waals surface area contributed by atoms with Crippen LogP contribution in [0.5, 0.6) is 0 Å². The minimum atomic E-state index is -1.68. The zero-order chi connectivity index (χ0) is 79.8. The maximum atomic E-state index is 11.5. The molecule has 3 saturated heterocycles. The Bertz CT molecular complexity index is 2880. The van der Waals surface area contributed by atoms with Crippen LogP contribution in [-0.2, 0) is 38.0 Å². The van der Waals surface area contributed by atoms with Gasteiger partial charge in [0.05, 0.1) is 0 Å². The first-order valence-corrected chi connectivity index (χ1v) is 42.6. The molecule has 6 aliphatic rings. The molecule has 4 fully saturated rings. The molecular weight excluding hydrogens is 1290 g/mol. The highest BCUT2D eigenvalue weighted by Crippen LogP contribution is 2.41. The lowest BCUT2D eigenvalue weighted by atomic mass is 9.69. The van der Waals surface area contributed by atoms with Crippen LogP contribution < -0.4 is 0 Å². The number of nitrogens with zero attached hydrogens (tertiary/aromatic N) is 7. The lowest BCUT2D eigenvalue weighted by Crippen LogP contribution is -2.26. The largest absolute Gasteiger partial charge is 0.343 e. The number of carbonyl (C=O) groups excluding carboxylic acids is 2. The van der Waals surface area contributed by atoms with E-state index in [1.807, 2.05) is 83.3 Å². The van der Waals surface area contributed by atoms with E-state index in [4.69, 9.17) is 0 Å². The van der Waals surface area contributed by atoms with Gasteiger partial charge >= 0.3 is 0 Å². The van der Waals surface area contributed by atoms with Gasteiger partial charge in [0.25, 0.3) is 0 Å². The van der Waals surface area contributed by atoms with Crippen molar-refractivity contribution in [3.05, 3.63) is 99.9 Å². The van der Waals surface area contributed by atoms with Gasteiger partial charge < -0.3 is 9.80 Å². The van der Waals surface area contributed by atoms with Crippen LogP contribution in [0, 0.1) is 68.0 Å². The van der Waals surface area contributed by atoms with Gasteiger partial charge in [0.1, 0.15) is 10.0 Å². The number of amides is 1. The molecule has 3 unspecified atom stereocenters. The summed E-state index contributed by atoms with van der Waals surface area (Å²) in [6, 6.07) is 12.5. The van der Waals surface area contributed by atoms with Crippen molar-refractivity contribution in [1.82, 2.24) is 29.8 Å². The number of hydrogen-bond acceptors (Lipinski definition) is 9. The number of carbonyl (C=O) groups is 2. The van der Waals surface area contributed by atoms with Gasteiger partial charge in [0, 0.05) is 87.2 Å². The summed E-state index contributed by atoms with van der Waals surface area (Å²) in [5, 5.41) is 14.0. The number of likely N-dealkylation sites (tertiary alicyclic amines) is 2. The van der Waals surface area contributed by atoms with E-state index < -0.39 is 9.52 Å². The Labute approximate surface area is 638 Å². The average Bonchev–Trinajstić information content (AvgIpc) is 1.66. The number of allylic oxidation sites excluding steroid dienone is 6. The number of ketones is 1. The molecule has 0 bridgehead atoms. The second kappa shape index (κ2) is 49.1. The number of aliphatic imine (C=N–C) groups is 1. The summed E-state index contributed by atoms with van der Waals surface area (Å²) in [4.78, 5) is 31.3. The minimum absolute atomic E-state index is 0.159. The number of rotatable bonds is 7. The van der Waals surface area contributed by atoms with E-state index in [0.29, 0.717) is 56.2 Å². The molecule has 592 valence electrons. The van der Waals surface area contributed by atoms with Crippen LogP contribution in [0.2, 0.25) is 0 Å². The molecule has 2 aliphatic carbocycles. The van der Waals surface area contributed by atoms with Crippen LogP contribution in [0.3, 0.4) is 0 Å². The number of hydrogen-bond donors (Lipinski definition) is 0. The summed E-state index contributed by atoms with van der Waals surface area (Å²) in [6.45, 7) is 77.4. The van der Waals surface area contributed by atoms with Crippen LogP contribution in [0.25, 0.3) is 0 Å². The second-order valence-electron chi connectivity index (χ2n) is 38.9. The standard InChI is InChI=1S/C11H21NO.C11H16O.C11H16.C10H17N.C9H19N.C9H18OS.C8H16.C7H12N2S.C6H14.C4H6N2.2C2H6/c1-11(2,3)7-5-9-12-8-4-6-10(12)13;1-11(2,3)8-9-6-4-5-7-10(9)12;1-11(2,3)9-10-7-5-4-6-8-10;1-10(2,3)7-6-9-5-4-8-11-9;1-9(2,3)8-5-6-10(4)7-8;1-9(2,3)8-5-6-11(4,10)7-8;1-8(2,3)7-5-4-6-7;1-5-8-9-6(10-5)7(2,3)4;1-5-6(2,3)4;1-6-4-2-3-5-6;2*1-2/h4-9H2,1-3H3;4-6H,7-8H2,1-3H3;4-8H,9H2,1-3H3;5,8H,4,6-7H2,1-3H3;8H,5-7H2,1-4H3;8H,4-7H2,1-3H3;7H,4-6H2,1-3H3;1-4H3;5H2,1-4H3;2-4H,1H3;2*1-2H3. The molecule has 6 heterocycles. The van der Waals surface area contributed by atoms with Crippen LogP contribution >= 0.6 is 11.3 Å². The Hall–Kier alpha value is -4.00. The Morgan fingerprint density at radius 2 is 1.17 bits per heavy atom. The van der Waals surface area contributed by atoms with Crippen molar-refractivity contribution < 1.29 is 13.8 Å². The van der Waals surface area contributed by atoms with Crippen molar-refractivity contribution in [1.29, 1.82) is 0 Å². The molecule has 1 amide bonds. The average molecular weight is 1460 g/mol. The third-order valence-corrected chi connectivity index (χ3v) is 21.4. The van der Waals surface area contributed by atoms with E-state index in [9.17, 15) is 13.8 Å². The van der Waals surface area contributed by atoms with E-state index in [-0.39, 0.29) is 16.6 Å². The van der Waals surface area contributed by atoms with E-state index in [2.05, 4.69) is 268 Å². The number of aryl methyl sites for hydroxylation is 2. The van der Waals surface area contributed by atoms with Gasteiger partial charge in [-0.2, -0.15) is 5.10 Å². The smallest absolute Gasteiger partial charge is 0.222 e. The summed E-state index contributed by atoms with van der Waals surface area (Å²) >= 11 is 1.67. The highest BCUT2D eigenvalue weighted by Gasteiger charge is 2.33. The Kier molecular flexibility index (Phi) is 49.1. The first-order chi connectivity index (χ1) is 46.5. The van der Waals surface area contributed by atoms with E-state index in [1.165, 1.54) is 69.3 Å². The predicted molar refractivity (Wildman–Crippen MR) is 458 cm³/mol. The molecule has 0 N–H and O–H groups in total. The predicted octanol–water partition coefficient (Wildman–Crippen LogP) is 25.4. The minimum Gasteiger partial charge on any atom is -0.343 e. The molecule has 0 spiro atoms. The van der Waals surface area contributed by atoms with Crippen molar-refractivity contribution in [3.63, 3.8) is 0 Å². The molecule has 9 rings (SSSR count). The molecular formula is C90H167N7O3S2. The molecule has 2 aromatic heterocycles. The van der Waals surface area contributed by atoms with Gasteiger partial charge in [-0.25, -0.2) is 0 Å². The first kappa shape index (κ1) is 102. The third kappa shape index (κ3) is 56.3. The van der Waals surface area contributed by atoms with Crippen molar-refractivity contribution in [2.24, 2.45) is 73.1 Å². The normalized spacial score (nSPS) is 19.0. The molecule has 1 aromatic carbocycles. The van der Waals surface area contributed by atoms with Gasteiger partial charge in [-0.3, -0.25) is 23.5 Å². The lowest BCUT2D eigenvalue weighted by molar-refractivity contribution is -0.127. The summed E-state index contributed by atoms with van der Waals surface area (Å²) in [6.07, 6.45) is 32.1. The zero-order valence-electron chi connectivity index (χ0n) is 73.7. The van der Waals surface area contributed by atoms with Gasteiger partial charge in [0.2, 0.25) is 5.91 Å². The fourth-order valence-electron chi connectivity index (χ4n) is 10.8. The quantitative estimate of drug-likeness (QED) is 0.217. The Morgan fingerprint density at radius 1 is 0.627 bits per heavy atom. The van der Waals surface area contributed by atoms with Crippen LogP contribution in [0.15, 0.2) is 89.4 Å². The van der Waals surface area contributed by atoms with Gasteiger partial charge in [-0.1, -0.05) is 289 Å².